The molecule has 1 aliphatic heterocycles. The standard InChI is InChI=1S/C26H24ClN5O3S2/c1-35-23-12-11-19(16-21(23)30-37(2,33)34)32-25(24(29-26(32)36)20-9-3-4-13-28-20)22-10-6-14-31(22)18-8-5-7-17(27)15-18/h3-16,24-25,30H,1-2H3,(H,29,36)/t24-,25-/m1/s1. The number of pyridine rings is 1. The fourth-order valence-electron chi connectivity index (χ4n) is 4.55. The molecule has 0 unspecified atom stereocenters. The van der Waals surface area contributed by atoms with Crippen LogP contribution in [0.5, 0.6) is 5.75 Å². The summed E-state index contributed by atoms with van der Waals surface area (Å²) < 4.78 is 34.1. The van der Waals surface area contributed by atoms with Crippen LogP contribution in [0.25, 0.3) is 5.69 Å². The van der Waals surface area contributed by atoms with Gasteiger partial charge in [-0.2, -0.15) is 0 Å². The van der Waals surface area contributed by atoms with E-state index in [-0.39, 0.29) is 12.1 Å². The Morgan fingerprint density at radius 1 is 1.05 bits per heavy atom. The second-order valence-electron chi connectivity index (χ2n) is 8.54. The molecule has 2 aromatic carbocycles. The maximum Gasteiger partial charge on any atom is 0.229 e. The van der Waals surface area contributed by atoms with Crippen LogP contribution >= 0.6 is 23.8 Å². The molecule has 0 radical (unpaired) electrons. The van der Waals surface area contributed by atoms with E-state index in [0.29, 0.717) is 27.3 Å². The van der Waals surface area contributed by atoms with Crippen molar-refractivity contribution >= 4 is 50.3 Å². The largest absolute Gasteiger partial charge is 0.495 e. The van der Waals surface area contributed by atoms with Gasteiger partial charge in [-0.3, -0.25) is 9.71 Å². The highest BCUT2D eigenvalue weighted by molar-refractivity contribution is 7.92. The zero-order chi connectivity index (χ0) is 26.2. The van der Waals surface area contributed by atoms with E-state index in [2.05, 4.69) is 19.6 Å². The summed E-state index contributed by atoms with van der Waals surface area (Å²) in [5.74, 6) is 0.396. The molecule has 11 heteroatoms. The summed E-state index contributed by atoms with van der Waals surface area (Å²) in [6, 6.07) is 22.0. The second-order valence-corrected chi connectivity index (χ2v) is 11.1. The number of methoxy groups -OCH3 is 1. The number of nitrogens with one attached hydrogen (secondary N) is 2. The maximum atomic E-state index is 12.0. The Balaban J connectivity index is 1.67. The number of hydrogen-bond donors (Lipinski definition) is 2. The highest BCUT2D eigenvalue weighted by Crippen LogP contribution is 2.44. The van der Waals surface area contributed by atoms with Gasteiger partial charge < -0.3 is 19.5 Å². The van der Waals surface area contributed by atoms with Crippen LogP contribution in [0.2, 0.25) is 5.02 Å². The minimum absolute atomic E-state index is 0.282. The fraction of sp³-hybridized carbons (Fsp3) is 0.154. The first-order valence-corrected chi connectivity index (χ1v) is 14.0. The third kappa shape index (κ3) is 5.13. The molecular formula is C26H24ClN5O3S2. The quantitative estimate of drug-likeness (QED) is 0.308. The molecule has 5 rings (SSSR count). The van der Waals surface area contributed by atoms with Crippen molar-refractivity contribution in [1.82, 2.24) is 14.9 Å². The number of anilines is 2. The molecule has 0 amide bonds. The van der Waals surface area contributed by atoms with Crippen LogP contribution in [0.4, 0.5) is 11.4 Å². The zero-order valence-corrected chi connectivity index (χ0v) is 22.4. The first-order valence-electron chi connectivity index (χ1n) is 11.3. The third-order valence-electron chi connectivity index (χ3n) is 6.02. The molecule has 1 saturated heterocycles. The molecule has 190 valence electrons. The van der Waals surface area contributed by atoms with Crippen LogP contribution in [0.15, 0.2) is 85.2 Å². The molecule has 1 aliphatic rings. The number of sulfonamides is 1. The van der Waals surface area contributed by atoms with Gasteiger partial charge in [-0.1, -0.05) is 23.7 Å². The molecular weight excluding hydrogens is 530 g/mol. The Morgan fingerprint density at radius 3 is 2.59 bits per heavy atom. The van der Waals surface area contributed by atoms with Crippen LogP contribution in [0, 0.1) is 0 Å². The van der Waals surface area contributed by atoms with Gasteiger partial charge in [0.1, 0.15) is 11.8 Å². The van der Waals surface area contributed by atoms with Gasteiger partial charge in [-0.15, -0.1) is 0 Å². The van der Waals surface area contributed by atoms with Crippen molar-refractivity contribution in [3.63, 3.8) is 0 Å². The van der Waals surface area contributed by atoms with Gasteiger partial charge in [-0.05, 0) is 72.9 Å². The Bertz CT molecular complexity index is 1560. The van der Waals surface area contributed by atoms with Crippen molar-refractivity contribution in [2.75, 3.05) is 23.0 Å². The summed E-state index contributed by atoms with van der Waals surface area (Å²) in [4.78, 5) is 6.57. The molecule has 3 heterocycles. The molecule has 0 aliphatic carbocycles. The highest BCUT2D eigenvalue weighted by atomic mass is 35.5. The third-order valence-corrected chi connectivity index (χ3v) is 7.16. The number of thiocarbonyl (C=S) groups is 1. The SMILES string of the molecule is COc1ccc(N2C(=S)N[C@H](c3ccccn3)[C@H]2c2cccn2-c2cccc(Cl)c2)cc1NS(C)(=O)=O. The van der Waals surface area contributed by atoms with E-state index in [4.69, 9.17) is 28.6 Å². The Morgan fingerprint density at radius 2 is 1.89 bits per heavy atom. The van der Waals surface area contributed by atoms with Crippen LogP contribution in [0.1, 0.15) is 23.5 Å². The van der Waals surface area contributed by atoms with Crippen molar-refractivity contribution < 1.29 is 13.2 Å². The summed E-state index contributed by atoms with van der Waals surface area (Å²) in [7, 11) is -2.06. The molecule has 4 aromatic rings. The lowest BCUT2D eigenvalue weighted by Gasteiger charge is -2.29. The van der Waals surface area contributed by atoms with Crippen molar-refractivity contribution in [2.45, 2.75) is 12.1 Å². The number of aromatic nitrogens is 2. The molecule has 0 bridgehead atoms. The lowest BCUT2D eigenvalue weighted by atomic mass is 10.0. The average Bonchev–Trinajstić information content (AvgIpc) is 3.48. The van der Waals surface area contributed by atoms with Crippen LogP contribution in [-0.4, -0.2) is 36.4 Å². The summed E-state index contributed by atoms with van der Waals surface area (Å²) in [5.41, 5.74) is 3.67. The number of halogens is 1. The van der Waals surface area contributed by atoms with E-state index in [9.17, 15) is 8.42 Å². The molecule has 2 N–H and O–H groups in total. The first-order chi connectivity index (χ1) is 17.7. The Kier molecular flexibility index (Phi) is 6.80. The molecule has 8 nitrogen and oxygen atoms in total. The summed E-state index contributed by atoms with van der Waals surface area (Å²) >= 11 is 12.1. The van der Waals surface area contributed by atoms with Crippen molar-refractivity contribution in [2.24, 2.45) is 0 Å². The number of ether oxygens (including phenoxy) is 1. The van der Waals surface area contributed by atoms with Crippen LogP contribution in [-0.2, 0) is 10.0 Å². The lowest BCUT2D eigenvalue weighted by Crippen LogP contribution is -2.30. The Hall–Kier alpha value is -3.60. The van der Waals surface area contributed by atoms with Gasteiger partial charge in [0.15, 0.2) is 5.11 Å². The van der Waals surface area contributed by atoms with Gasteiger partial charge in [0, 0.05) is 34.5 Å². The number of hydrogen-bond acceptors (Lipinski definition) is 5. The molecule has 2 atom stereocenters. The molecule has 37 heavy (non-hydrogen) atoms. The second kappa shape index (κ2) is 10.0. The smallest absolute Gasteiger partial charge is 0.229 e. The van der Waals surface area contributed by atoms with Crippen molar-refractivity contribution in [1.29, 1.82) is 0 Å². The van der Waals surface area contributed by atoms with E-state index in [0.717, 1.165) is 23.3 Å². The average molecular weight is 554 g/mol. The fourth-order valence-corrected chi connectivity index (χ4v) is 5.64. The number of nitrogens with zero attached hydrogens (tertiary/aromatic N) is 3. The lowest BCUT2D eigenvalue weighted by molar-refractivity contribution is 0.417. The van der Waals surface area contributed by atoms with Crippen molar-refractivity contribution in [3.8, 4) is 11.4 Å². The molecule has 0 spiro atoms. The minimum Gasteiger partial charge on any atom is -0.495 e. The van der Waals surface area contributed by atoms with Crippen LogP contribution < -0.4 is 19.7 Å². The summed E-state index contributed by atoms with van der Waals surface area (Å²) in [6.45, 7) is 0. The molecule has 0 saturated carbocycles. The monoisotopic (exact) mass is 553 g/mol. The van der Waals surface area contributed by atoms with E-state index >= 15 is 0 Å². The highest BCUT2D eigenvalue weighted by Gasteiger charge is 2.42. The first kappa shape index (κ1) is 25.1. The van der Waals surface area contributed by atoms with Gasteiger partial charge in [0.05, 0.1) is 30.8 Å². The maximum absolute atomic E-state index is 12.0. The minimum atomic E-state index is -3.54. The topological polar surface area (TPSA) is 88.5 Å². The molecule has 2 aromatic heterocycles. The molecule has 1 fully saturated rings. The van der Waals surface area contributed by atoms with Gasteiger partial charge in [-0.25, -0.2) is 8.42 Å². The predicted octanol–water partition coefficient (Wildman–Crippen LogP) is 5.08. The van der Waals surface area contributed by atoms with E-state index in [1.807, 2.05) is 71.8 Å². The number of benzene rings is 2. The van der Waals surface area contributed by atoms with E-state index in [1.165, 1.54) is 7.11 Å². The Labute approximate surface area is 225 Å². The van der Waals surface area contributed by atoms with Crippen molar-refractivity contribution in [3.05, 3.63) is 102 Å². The zero-order valence-electron chi connectivity index (χ0n) is 20.0. The summed E-state index contributed by atoms with van der Waals surface area (Å²) in [6.07, 6.45) is 4.82. The van der Waals surface area contributed by atoms with Gasteiger partial charge in [0.25, 0.3) is 0 Å². The summed E-state index contributed by atoms with van der Waals surface area (Å²) in [5, 5.41) is 4.54. The van der Waals surface area contributed by atoms with E-state index < -0.39 is 10.0 Å². The van der Waals surface area contributed by atoms with E-state index in [1.54, 1.807) is 18.3 Å². The van der Waals surface area contributed by atoms with Gasteiger partial charge >= 0.3 is 0 Å². The number of rotatable bonds is 7. The van der Waals surface area contributed by atoms with Crippen LogP contribution in [0.3, 0.4) is 0 Å². The normalized spacial score (nSPS) is 17.5. The van der Waals surface area contributed by atoms with Gasteiger partial charge in [0.2, 0.25) is 10.0 Å². The predicted molar refractivity (Wildman–Crippen MR) is 150 cm³/mol.